The molecule has 0 spiro atoms. The molecule has 2 aromatic carbocycles. The molecule has 27 heavy (non-hydrogen) atoms. The molecule has 0 saturated heterocycles. The zero-order valence-electron chi connectivity index (χ0n) is 15.1. The number of ether oxygens (including phenoxy) is 1. The topological polar surface area (TPSA) is 51.2 Å². The van der Waals surface area contributed by atoms with Gasteiger partial charge < -0.3 is 10.1 Å². The van der Waals surface area contributed by atoms with E-state index in [2.05, 4.69) is 10.3 Å². The number of nitrogens with one attached hydrogen (secondary N) is 1. The largest absolute Gasteiger partial charge is 0.497 e. The number of methoxy groups -OCH3 is 1. The predicted octanol–water partition coefficient (Wildman–Crippen LogP) is 4.29. The lowest BCUT2D eigenvalue weighted by Gasteiger charge is -2.15. The van der Waals surface area contributed by atoms with Crippen molar-refractivity contribution in [1.29, 1.82) is 0 Å². The Labute approximate surface area is 157 Å². The van der Waals surface area contributed by atoms with Crippen molar-refractivity contribution < 1.29 is 13.9 Å². The van der Waals surface area contributed by atoms with E-state index in [0.717, 1.165) is 28.0 Å². The van der Waals surface area contributed by atoms with E-state index in [9.17, 15) is 9.18 Å². The van der Waals surface area contributed by atoms with Crippen LogP contribution in [-0.4, -0.2) is 18.0 Å². The van der Waals surface area contributed by atoms with Crippen molar-refractivity contribution in [2.45, 2.75) is 19.4 Å². The first-order valence-corrected chi connectivity index (χ1v) is 8.77. The van der Waals surface area contributed by atoms with Crippen molar-refractivity contribution in [3.63, 3.8) is 0 Å². The smallest absolute Gasteiger partial charge is 0.251 e. The fraction of sp³-hybridized carbons (Fsp3) is 0.182. The van der Waals surface area contributed by atoms with Crippen LogP contribution < -0.4 is 10.1 Å². The van der Waals surface area contributed by atoms with Crippen molar-refractivity contribution in [2.24, 2.45) is 0 Å². The Bertz CT molecular complexity index is 1030. The van der Waals surface area contributed by atoms with Gasteiger partial charge in [0, 0.05) is 23.7 Å². The van der Waals surface area contributed by atoms with Gasteiger partial charge in [-0.2, -0.15) is 0 Å². The minimum absolute atomic E-state index is 0.164. The zero-order chi connectivity index (χ0) is 19.0. The van der Waals surface area contributed by atoms with Gasteiger partial charge in [0.1, 0.15) is 11.6 Å². The second-order valence-corrected chi connectivity index (χ2v) is 6.68. The second-order valence-electron chi connectivity index (χ2n) is 6.68. The van der Waals surface area contributed by atoms with Crippen LogP contribution in [0.1, 0.15) is 40.0 Å². The molecule has 0 unspecified atom stereocenters. The van der Waals surface area contributed by atoms with Crippen molar-refractivity contribution in [3.05, 3.63) is 82.9 Å². The molecule has 1 aromatic heterocycles. The van der Waals surface area contributed by atoms with Crippen LogP contribution in [0.25, 0.3) is 11.1 Å². The molecule has 1 heterocycles. The lowest BCUT2D eigenvalue weighted by atomic mass is 10.0. The van der Waals surface area contributed by atoms with Crippen LogP contribution in [0, 0.1) is 5.82 Å². The van der Waals surface area contributed by atoms with Crippen molar-refractivity contribution in [2.75, 3.05) is 7.11 Å². The summed E-state index contributed by atoms with van der Waals surface area (Å²) >= 11 is 0. The van der Waals surface area contributed by atoms with E-state index in [4.69, 9.17) is 4.74 Å². The molecule has 136 valence electrons. The van der Waals surface area contributed by atoms with Gasteiger partial charge in [0.15, 0.2) is 0 Å². The molecule has 1 N–H and O–H groups in total. The zero-order valence-corrected chi connectivity index (χ0v) is 15.1. The molecule has 0 bridgehead atoms. The van der Waals surface area contributed by atoms with Gasteiger partial charge in [0.2, 0.25) is 0 Å². The molecule has 5 heteroatoms. The van der Waals surface area contributed by atoms with E-state index < -0.39 is 0 Å². The highest BCUT2D eigenvalue weighted by atomic mass is 19.1. The quantitative estimate of drug-likeness (QED) is 0.589. The lowest BCUT2D eigenvalue weighted by molar-refractivity contribution is 0.0939. The number of fused-ring (bicyclic) bond motifs is 3. The molecule has 0 saturated carbocycles. The third kappa shape index (κ3) is 3.16. The van der Waals surface area contributed by atoms with Crippen LogP contribution in [0.3, 0.4) is 0 Å². The minimum atomic E-state index is -0.324. The Kier molecular flexibility index (Phi) is 4.36. The number of pyridine rings is 1. The Hall–Kier alpha value is -3.21. The number of hydrogen-bond acceptors (Lipinski definition) is 3. The molecule has 1 aliphatic rings. The summed E-state index contributed by atoms with van der Waals surface area (Å²) in [4.78, 5) is 16.6. The summed E-state index contributed by atoms with van der Waals surface area (Å²) in [6, 6.07) is 12.8. The van der Waals surface area contributed by atoms with E-state index in [1.165, 1.54) is 6.20 Å². The molecular weight excluding hydrogens is 343 g/mol. The second kappa shape index (κ2) is 6.83. The van der Waals surface area contributed by atoms with Crippen LogP contribution in [-0.2, 0) is 6.42 Å². The highest BCUT2D eigenvalue weighted by Crippen LogP contribution is 2.38. The fourth-order valence-electron chi connectivity index (χ4n) is 3.52. The first kappa shape index (κ1) is 17.2. The summed E-state index contributed by atoms with van der Waals surface area (Å²) < 4.78 is 19.3. The molecule has 0 aliphatic heterocycles. The number of halogens is 1. The van der Waals surface area contributed by atoms with Gasteiger partial charge in [-0.15, -0.1) is 0 Å². The van der Waals surface area contributed by atoms with Crippen LogP contribution in [0.15, 0.2) is 54.9 Å². The number of nitrogens with zero attached hydrogens (tertiary/aromatic N) is 1. The molecule has 4 rings (SSSR count). The molecule has 1 amide bonds. The van der Waals surface area contributed by atoms with E-state index >= 15 is 0 Å². The number of hydrogen-bond donors (Lipinski definition) is 1. The lowest BCUT2D eigenvalue weighted by Crippen LogP contribution is -2.26. The van der Waals surface area contributed by atoms with Gasteiger partial charge in [0.05, 0.1) is 19.3 Å². The molecule has 0 radical (unpaired) electrons. The molecule has 1 atom stereocenters. The standard InChI is InChI=1S/C22H19FN2O2/c1-13(14-4-3-5-18(10-14)27-2)25-22(26)15-6-7-19-16(8-15)9-17-11-24-12-20(23)21(17)19/h3-8,10-13H,9H2,1-2H3,(H,25,26)/t13-/m1/s1. The van der Waals surface area contributed by atoms with Crippen molar-refractivity contribution in [3.8, 4) is 16.9 Å². The third-order valence-electron chi connectivity index (χ3n) is 4.94. The molecule has 3 aromatic rings. The van der Waals surface area contributed by atoms with E-state index in [-0.39, 0.29) is 17.8 Å². The summed E-state index contributed by atoms with van der Waals surface area (Å²) in [5.41, 5.74) is 4.75. The predicted molar refractivity (Wildman–Crippen MR) is 101 cm³/mol. The first-order chi connectivity index (χ1) is 13.1. The number of carbonyl (C=O) groups excluding carboxylic acids is 1. The number of aromatic nitrogens is 1. The summed E-state index contributed by atoms with van der Waals surface area (Å²) in [7, 11) is 1.61. The van der Waals surface area contributed by atoms with Gasteiger partial charge in [-0.25, -0.2) is 4.39 Å². The van der Waals surface area contributed by atoms with Gasteiger partial charge >= 0.3 is 0 Å². The maximum atomic E-state index is 14.1. The fourth-order valence-corrected chi connectivity index (χ4v) is 3.52. The summed E-state index contributed by atoms with van der Waals surface area (Å²) in [5.74, 6) is 0.261. The number of amides is 1. The van der Waals surface area contributed by atoms with E-state index in [1.54, 1.807) is 19.4 Å². The Balaban J connectivity index is 1.55. The number of rotatable bonds is 4. The highest BCUT2D eigenvalue weighted by Gasteiger charge is 2.23. The van der Waals surface area contributed by atoms with Gasteiger partial charge in [-0.05, 0) is 53.4 Å². The summed E-state index contributed by atoms with van der Waals surface area (Å²) in [5, 5.41) is 3.01. The average Bonchev–Trinajstić information content (AvgIpc) is 3.06. The monoisotopic (exact) mass is 362 g/mol. The average molecular weight is 362 g/mol. The van der Waals surface area contributed by atoms with Crippen LogP contribution in [0.2, 0.25) is 0 Å². The third-order valence-corrected chi connectivity index (χ3v) is 4.94. The molecule has 4 nitrogen and oxygen atoms in total. The SMILES string of the molecule is COc1cccc([C@@H](C)NC(=O)c2ccc3c(c2)Cc2cncc(F)c2-3)c1. The summed E-state index contributed by atoms with van der Waals surface area (Å²) in [6.45, 7) is 1.93. The van der Waals surface area contributed by atoms with Crippen LogP contribution >= 0.6 is 0 Å². The number of carbonyl (C=O) groups is 1. The summed E-state index contributed by atoms with van der Waals surface area (Å²) in [6.07, 6.45) is 3.50. The van der Waals surface area contributed by atoms with Crippen LogP contribution in [0.5, 0.6) is 5.75 Å². The van der Waals surface area contributed by atoms with E-state index in [1.807, 2.05) is 43.3 Å². The molecule has 1 aliphatic carbocycles. The van der Waals surface area contributed by atoms with Crippen molar-refractivity contribution in [1.82, 2.24) is 10.3 Å². The first-order valence-electron chi connectivity index (χ1n) is 8.77. The minimum Gasteiger partial charge on any atom is -0.497 e. The number of benzene rings is 2. The normalized spacial score (nSPS) is 12.9. The van der Waals surface area contributed by atoms with Gasteiger partial charge in [-0.1, -0.05) is 18.2 Å². The van der Waals surface area contributed by atoms with Gasteiger partial charge in [0.25, 0.3) is 5.91 Å². The maximum absolute atomic E-state index is 14.1. The van der Waals surface area contributed by atoms with Crippen molar-refractivity contribution >= 4 is 5.91 Å². The molecule has 0 fully saturated rings. The van der Waals surface area contributed by atoms with E-state index in [0.29, 0.717) is 17.5 Å². The Morgan fingerprint density at radius 1 is 1.19 bits per heavy atom. The van der Waals surface area contributed by atoms with Gasteiger partial charge in [-0.3, -0.25) is 9.78 Å². The highest BCUT2D eigenvalue weighted by molar-refractivity contribution is 5.96. The maximum Gasteiger partial charge on any atom is 0.251 e. The van der Waals surface area contributed by atoms with Crippen LogP contribution in [0.4, 0.5) is 4.39 Å². The molecular formula is C22H19FN2O2. The Morgan fingerprint density at radius 2 is 2.04 bits per heavy atom. The Morgan fingerprint density at radius 3 is 2.85 bits per heavy atom.